The van der Waals surface area contributed by atoms with Crippen LogP contribution in [0, 0.1) is 0 Å². The fourth-order valence-corrected chi connectivity index (χ4v) is 5.17. The van der Waals surface area contributed by atoms with Crippen LogP contribution in [0.2, 0.25) is 0 Å². The second-order valence-corrected chi connectivity index (χ2v) is 8.38. The van der Waals surface area contributed by atoms with E-state index in [4.69, 9.17) is 9.72 Å². The quantitative estimate of drug-likeness (QED) is 0.343. The number of nitrogens with zero attached hydrogens (tertiary/aromatic N) is 3. The van der Waals surface area contributed by atoms with Crippen molar-refractivity contribution in [3.63, 3.8) is 0 Å². The summed E-state index contributed by atoms with van der Waals surface area (Å²) in [7, 11) is 0. The van der Waals surface area contributed by atoms with Crippen molar-refractivity contribution in [2.24, 2.45) is 0 Å². The molecule has 1 aromatic carbocycles. The topological polar surface area (TPSA) is 64.4 Å². The number of hydrogen-bond acceptors (Lipinski definition) is 6. The van der Waals surface area contributed by atoms with Gasteiger partial charge in [-0.1, -0.05) is 48.2 Å². The van der Waals surface area contributed by atoms with Crippen molar-refractivity contribution in [3.05, 3.63) is 58.7 Å². The Bertz CT molecular complexity index is 1090. The predicted molar refractivity (Wildman–Crippen MR) is 118 cm³/mol. The van der Waals surface area contributed by atoms with Crippen molar-refractivity contribution in [1.82, 2.24) is 14.5 Å². The number of hydrogen-bond donors (Lipinski definition) is 0. The lowest BCUT2D eigenvalue weighted by Crippen LogP contribution is -2.41. The van der Waals surface area contributed by atoms with Crippen molar-refractivity contribution in [1.29, 1.82) is 0 Å². The standard InChI is InChI=1S/C21H21N3O3S2/c1-2-8-24-20(26)18-16(15-6-4-3-5-7-15)13-28-19(18)22-21(24)29-14-17(25)23-9-11-27-12-10-23/h2-7,13H,1,8-12,14H2. The molecule has 0 bridgehead atoms. The molecule has 1 aliphatic heterocycles. The molecule has 8 heteroatoms. The van der Waals surface area contributed by atoms with Crippen LogP contribution in [-0.2, 0) is 16.1 Å². The number of ether oxygens (including phenoxy) is 1. The zero-order valence-corrected chi connectivity index (χ0v) is 17.5. The molecule has 3 aromatic rings. The third kappa shape index (κ3) is 4.14. The lowest BCUT2D eigenvalue weighted by Gasteiger charge is -2.26. The molecule has 4 rings (SSSR count). The van der Waals surface area contributed by atoms with E-state index in [1.54, 1.807) is 15.5 Å². The number of aromatic nitrogens is 2. The van der Waals surface area contributed by atoms with Gasteiger partial charge in [-0.2, -0.15) is 0 Å². The molecule has 29 heavy (non-hydrogen) atoms. The molecule has 3 heterocycles. The number of rotatable bonds is 6. The predicted octanol–water partition coefficient (Wildman–Crippen LogP) is 3.26. The van der Waals surface area contributed by atoms with Gasteiger partial charge in [-0.05, 0) is 5.56 Å². The lowest BCUT2D eigenvalue weighted by atomic mass is 10.1. The van der Waals surface area contributed by atoms with Gasteiger partial charge in [0.2, 0.25) is 5.91 Å². The van der Waals surface area contributed by atoms with E-state index < -0.39 is 0 Å². The number of thioether (sulfide) groups is 1. The number of morpholine rings is 1. The first kappa shape index (κ1) is 19.9. The fourth-order valence-electron chi connectivity index (χ4n) is 3.27. The SMILES string of the molecule is C=CCn1c(SCC(=O)N2CCOCC2)nc2scc(-c3ccccc3)c2c1=O. The zero-order valence-electron chi connectivity index (χ0n) is 15.9. The van der Waals surface area contributed by atoms with Gasteiger partial charge in [0, 0.05) is 30.6 Å². The summed E-state index contributed by atoms with van der Waals surface area (Å²) >= 11 is 2.75. The van der Waals surface area contributed by atoms with Crippen molar-refractivity contribution < 1.29 is 9.53 Å². The highest BCUT2D eigenvalue weighted by Gasteiger charge is 2.20. The Morgan fingerprint density at radius 3 is 2.76 bits per heavy atom. The first-order chi connectivity index (χ1) is 14.2. The van der Waals surface area contributed by atoms with Crippen molar-refractivity contribution in [3.8, 4) is 11.1 Å². The maximum Gasteiger partial charge on any atom is 0.263 e. The molecule has 1 saturated heterocycles. The highest BCUT2D eigenvalue weighted by Crippen LogP contribution is 2.32. The van der Waals surface area contributed by atoms with E-state index in [1.807, 2.05) is 35.7 Å². The second-order valence-electron chi connectivity index (χ2n) is 6.58. The van der Waals surface area contributed by atoms with E-state index in [9.17, 15) is 9.59 Å². The normalized spacial score (nSPS) is 14.3. The Morgan fingerprint density at radius 2 is 2.03 bits per heavy atom. The van der Waals surface area contributed by atoms with Crippen molar-refractivity contribution in [2.45, 2.75) is 11.7 Å². The summed E-state index contributed by atoms with van der Waals surface area (Å²) in [5, 5.41) is 3.14. The number of carbonyl (C=O) groups is 1. The average Bonchev–Trinajstić information content (AvgIpc) is 3.20. The van der Waals surface area contributed by atoms with E-state index in [2.05, 4.69) is 6.58 Å². The van der Waals surface area contributed by atoms with Crippen molar-refractivity contribution >= 4 is 39.2 Å². The molecule has 0 atom stereocenters. The molecule has 0 saturated carbocycles. The average molecular weight is 428 g/mol. The van der Waals surface area contributed by atoms with Gasteiger partial charge in [0.15, 0.2) is 5.16 Å². The highest BCUT2D eigenvalue weighted by atomic mass is 32.2. The summed E-state index contributed by atoms with van der Waals surface area (Å²) in [6.07, 6.45) is 1.68. The minimum Gasteiger partial charge on any atom is -0.378 e. The van der Waals surface area contributed by atoms with E-state index in [0.717, 1.165) is 11.1 Å². The third-order valence-electron chi connectivity index (χ3n) is 4.74. The number of fused-ring (bicyclic) bond motifs is 1. The van der Waals surface area contributed by atoms with E-state index in [1.165, 1.54) is 23.1 Å². The van der Waals surface area contributed by atoms with Gasteiger partial charge in [-0.25, -0.2) is 4.98 Å². The number of allylic oxidation sites excluding steroid dienone is 1. The Kier molecular flexibility index (Phi) is 6.13. The molecule has 0 spiro atoms. The Labute approximate surface area is 176 Å². The van der Waals surface area contributed by atoms with Gasteiger partial charge in [0.05, 0.1) is 24.4 Å². The largest absolute Gasteiger partial charge is 0.378 e. The molecule has 2 aromatic heterocycles. The van der Waals surface area contributed by atoms with E-state index >= 15 is 0 Å². The number of benzene rings is 1. The molecular weight excluding hydrogens is 406 g/mol. The van der Waals surface area contributed by atoms with Crippen LogP contribution in [-0.4, -0.2) is 52.4 Å². The third-order valence-corrected chi connectivity index (χ3v) is 6.58. The van der Waals surface area contributed by atoms with Crippen LogP contribution in [0.3, 0.4) is 0 Å². The molecule has 1 amide bonds. The van der Waals surface area contributed by atoms with E-state index in [0.29, 0.717) is 48.2 Å². The molecule has 6 nitrogen and oxygen atoms in total. The second kappa shape index (κ2) is 8.94. The Morgan fingerprint density at radius 1 is 1.28 bits per heavy atom. The summed E-state index contributed by atoms with van der Waals surface area (Å²) < 4.78 is 6.90. The van der Waals surface area contributed by atoms with Crippen molar-refractivity contribution in [2.75, 3.05) is 32.1 Å². The van der Waals surface area contributed by atoms with Gasteiger partial charge in [-0.15, -0.1) is 17.9 Å². The number of amides is 1. The molecule has 0 unspecified atom stereocenters. The van der Waals surface area contributed by atoms with Crippen LogP contribution >= 0.6 is 23.1 Å². The molecule has 0 aliphatic carbocycles. The van der Waals surface area contributed by atoms with Gasteiger partial charge in [0.25, 0.3) is 5.56 Å². The smallest absolute Gasteiger partial charge is 0.263 e. The summed E-state index contributed by atoms with van der Waals surface area (Å²) in [5.74, 6) is 0.278. The number of carbonyl (C=O) groups excluding carboxylic acids is 1. The van der Waals surface area contributed by atoms with Crippen LogP contribution in [0.4, 0.5) is 0 Å². The molecule has 1 aliphatic rings. The monoisotopic (exact) mass is 427 g/mol. The minimum absolute atomic E-state index is 0.0361. The van der Waals surface area contributed by atoms with Crippen LogP contribution in [0.15, 0.2) is 58.3 Å². The summed E-state index contributed by atoms with van der Waals surface area (Å²) in [6, 6.07) is 9.84. The minimum atomic E-state index is -0.101. The van der Waals surface area contributed by atoms with Crippen LogP contribution in [0.1, 0.15) is 0 Å². The van der Waals surface area contributed by atoms with Crippen LogP contribution in [0.5, 0.6) is 0 Å². The first-order valence-corrected chi connectivity index (χ1v) is 11.2. The zero-order chi connectivity index (χ0) is 20.2. The molecule has 150 valence electrons. The molecule has 1 fully saturated rings. The van der Waals surface area contributed by atoms with Gasteiger partial charge in [0.1, 0.15) is 4.83 Å². The van der Waals surface area contributed by atoms with Gasteiger partial charge in [-0.3, -0.25) is 14.2 Å². The molecular formula is C21H21N3O3S2. The lowest BCUT2D eigenvalue weighted by molar-refractivity contribution is -0.132. The Balaban J connectivity index is 1.67. The molecule has 0 N–H and O–H groups in total. The maximum atomic E-state index is 13.3. The fraction of sp³-hybridized carbons (Fsp3) is 0.286. The van der Waals surface area contributed by atoms with Gasteiger partial charge >= 0.3 is 0 Å². The Hall–Kier alpha value is -2.42. The van der Waals surface area contributed by atoms with E-state index in [-0.39, 0.29) is 17.2 Å². The van der Waals surface area contributed by atoms with Crippen LogP contribution < -0.4 is 5.56 Å². The maximum absolute atomic E-state index is 13.3. The summed E-state index contributed by atoms with van der Waals surface area (Å²) in [6.45, 7) is 6.47. The van der Waals surface area contributed by atoms with Gasteiger partial charge < -0.3 is 9.64 Å². The number of thiophene rings is 1. The molecule has 0 radical (unpaired) electrons. The first-order valence-electron chi connectivity index (χ1n) is 9.35. The van der Waals surface area contributed by atoms with Crippen LogP contribution in [0.25, 0.3) is 21.3 Å². The summed E-state index contributed by atoms with van der Waals surface area (Å²) in [5.41, 5.74) is 1.78. The summed E-state index contributed by atoms with van der Waals surface area (Å²) in [4.78, 5) is 33.0. The highest BCUT2D eigenvalue weighted by molar-refractivity contribution is 7.99.